The lowest BCUT2D eigenvalue weighted by atomic mass is 10.1. The van der Waals surface area contributed by atoms with Crippen molar-refractivity contribution in [2.24, 2.45) is 0 Å². The highest BCUT2D eigenvalue weighted by Crippen LogP contribution is 2.29. The molecule has 1 aliphatic rings. The summed E-state index contributed by atoms with van der Waals surface area (Å²) in [6.45, 7) is 3.86. The molecule has 5 nitrogen and oxygen atoms in total. The molecule has 2 amide bonds. The van der Waals surface area contributed by atoms with Gasteiger partial charge in [0.25, 0.3) is 0 Å². The minimum atomic E-state index is -4.37. The van der Waals surface area contributed by atoms with E-state index in [1.54, 1.807) is 27.8 Å². The summed E-state index contributed by atoms with van der Waals surface area (Å²) in [6.07, 6.45) is -4.37. The predicted molar refractivity (Wildman–Crippen MR) is 86.6 cm³/mol. The van der Waals surface area contributed by atoms with E-state index in [-0.39, 0.29) is 24.9 Å². The number of hydrogen-bond donors (Lipinski definition) is 0. The molecular formula is C17H22F3N3O2. The Morgan fingerprint density at radius 3 is 2.28 bits per heavy atom. The molecule has 1 aromatic rings. The predicted octanol–water partition coefficient (Wildman–Crippen LogP) is 1.83. The van der Waals surface area contributed by atoms with Crippen LogP contribution in [-0.2, 0) is 22.3 Å². The molecule has 1 heterocycles. The van der Waals surface area contributed by atoms with Crippen LogP contribution in [0.25, 0.3) is 0 Å². The Balaban J connectivity index is 1.87. The van der Waals surface area contributed by atoms with Crippen molar-refractivity contribution < 1.29 is 22.8 Å². The average molecular weight is 357 g/mol. The molecule has 8 heteroatoms. The molecule has 1 aromatic carbocycles. The summed E-state index contributed by atoms with van der Waals surface area (Å²) >= 11 is 0. The summed E-state index contributed by atoms with van der Waals surface area (Å²) in [5, 5.41) is 0. The second kappa shape index (κ2) is 7.86. The van der Waals surface area contributed by atoms with Crippen LogP contribution in [0.15, 0.2) is 24.3 Å². The number of nitrogens with zero attached hydrogens (tertiary/aromatic N) is 3. The van der Waals surface area contributed by atoms with E-state index in [4.69, 9.17) is 0 Å². The van der Waals surface area contributed by atoms with Crippen LogP contribution in [0.2, 0.25) is 0 Å². The maximum atomic E-state index is 12.7. The van der Waals surface area contributed by atoms with E-state index < -0.39 is 11.7 Å². The number of rotatable bonds is 4. The van der Waals surface area contributed by atoms with E-state index in [1.807, 2.05) is 0 Å². The van der Waals surface area contributed by atoms with E-state index in [1.165, 1.54) is 13.0 Å². The third-order valence-corrected chi connectivity index (χ3v) is 4.19. The van der Waals surface area contributed by atoms with Gasteiger partial charge in [0.05, 0.1) is 12.1 Å². The number of carbonyl (C=O) groups excluding carboxylic acids is 2. The first-order valence-corrected chi connectivity index (χ1v) is 8.05. The van der Waals surface area contributed by atoms with E-state index in [0.717, 1.165) is 12.1 Å². The fourth-order valence-corrected chi connectivity index (χ4v) is 2.82. The van der Waals surface area contributed by atoms with Crippen LogP contribution in [-0.4, -0.2) is 66.3 Å². The van der Waals surface area contributed by atoms with Crippen molar-refractivity contribution in [1.82, 2.24) is 14.7 Å². The number of piperazine rings is 1. The van der Waals surface area contributed by atoms with Gasteiger partial charge in [0.15, 0.2) is 0 Å². The standard InChI is InChI=1S/C17H22F3N3O2/c1-13(24)22-6-8-23(9-7-22)16(25)12-21(2)11-14-4-3-5-15(10-14)17(18,19)20/h3-5,10H,6-9,11-12H2,1-2H3. The number of alkyl halides is 3. The Kier molecular flexibility index (Phi) is 6.05. The third kappa shape index (κ3) is 5.45. The van der Waals surface area contributed by atoms with Gasteiger partial charge in [0.2, 0.25) is 11.8 Å². The Morgan fingerprint density at radius 2 is 1.72 bits per heavy atom. The van der Waals surface area contributed by atoms with Crippen LogP contribution in [0.4, 0.5) is 13.2 Å². The van der Waals surface area contributed by atoms with E-state index in [0.29, 0.717) is 31.7 Å². The molecule has 0 bridgehead atoms. The van der Waals surface area contributed by atoms with Gasteiger partial charge >= 0.3 is 6.18 Å². The molecule has 1 aliphatic heterocycles. The molecule has 138 valence electrons. The van der Waals surface area contributed by atoms with Crippen molar-refractivity contribution in [1.29, 1.82) is 0 Å². The summed E-state index contributed by atoms with van der Waals surface area (Å²) in [6, 6.07) is 5.12. The van der Waals surface area contributed by atoms with Gasteiger partial charge in [-0.3, -0.25) is 14.5 Å². The van der Waals surface area contributed by atoms with Crippen LogP contribution in [0.1, 0.15) is 18.1 Å². The number of hydrogen-bond acceptors (Lipinski definition) is 3. The lowest BCUT2D eigenvalue weighted by Gasteiger charge is -2.35. The van der Waals surface area contributed by atoms with Crippen LogP contribution < -0.4 is 0 Å². The molecule has 25 heavy (non-hydrogen) atoms. The lowest BCUT2D eigenvalue weighted by Crippen LogP contribution is -2.51. The summed E-state index contributed by atoms with van der Waals surface area (Å²) in [7, 11) is 1.70. The van der Waals surface area contributed by atoms with Gasteiger partial charge in [0.1, 0.15) is 0 Å². The second-order valence-corrected chi connectivity index (χ2v) is 6.26. The van der Waals surface area contributed by atoms with Gasteiger partial charge in [-0.1, -0.05) is 18.2 Å². The Bertz CT molecular complexity index is 626. The van der Waals surface area contributed by atoms with Gasteiger partial charge in [-0.2, -0.15) is 13.2 Å². The van der Waals surface area contributed by atoms with Crippen LogP contribution >= 0.6 is 0 Å². The lowest BCUT2D eigenvalue weighted by molar-refractivity contribution is -0.139. The summed E-state index contributed by atoms with van der Waals surface area (Å²) in [5.41, 5.74) is -0.184. The van der Waals surface area contributed by atoms with Crippen LogP contribution in [0.3, 0.4) is 0 Å². The Labute approximate surface area is 145 Å². The van der Waals surface area contributed by atoms with E-state index in [2.05, 4.69) is 0 Å². The van der Waals surface area contributed by atoms with Crippen LogP contribution in [0, 0.1) is 0 Å². The summed E-state index contributed by atoms with van der Waals surface area (Å²) < 4.78 is 38.2. The number of likely N-dealkylation sites (N-methyl/N-ethyl adjacent to an activating group) is 1. The minimum absolute atomic E-state index is 0.00577. The van der Waals surface area contributed by atoms with Crippen molar-refractivity contribution in [3.63, 3.8) is 0 Å². The van der Waals surface area contributed by atoms with E-state index in [9.17, 15) is 22.8 Å². The SMILES string of the molecule is CC(=O)N1CCN(C(=O)CN(C)Cc2cccc(C(F)(F)F)c2)CC1. The molecule has 1 saturated heterocycles. The maximum Gasteiger partial charge on any atom is 0.416 e. The van der Waals surface area contributed by atoms with Crippen molar-refractivity contribution in [2.45, 2.75) is 19.6 Å². The number of carbonyl (C=O) groups is 2. The maximum absolute atomic E-state index is 12.7. The molecule has 2 rings (SSSR count). The number of amides is 2. The zero-order valence-electron chi connectivity index (χ0n) is 14.3. The smallest absolute Gasteiger partial charge is 0.339 e. The first-order valence-electron chi connectivity index (χ1n) is 8.05. The van der Waals surface area contributed by atoms with Gasteiger partial charge in [0, 0.05) is 39.6 Å². The van der Waals surface area contributed by atoms with Crippen molar-refractivity contribution in [3.8, 4) is 0 Å². The highest BCUT2D eigenvalue weighted by molar-refractivity contribution is 5.79. The first-order chi connectivity index (χ1) is 11.7. The Hall–Kier alpha value is -2.09. The molecule has 0 aliphatic carbocycles. The molecule has 0 atom stereocenters. The zero-order chi connectivity index (χ0) is 18.6. The fraction of sp³-hybridized carbons (Fsp3) is 0.529. The highest BCUT2D eigenvalue weighted by atomic mass is 19.4. The molecule has 1 fully saturated rings. The van der Waals surface area contributed by atoms with Crippen molar-refractivity contribution >= 4 is 11.8 Å². The van der Waals surface area contributed by atoms with Gasteiger partial charge in [-0.15, -0.1) is 0 Å². The van der Waals surface area contributed by atoms with Crippen molar-refractivity contribution in [3.05, 3.63) is 35.4 Å². The second-order valence-electron chi connectivity index (χ2n) is 6.26. The topological polar surface area (TPSA) is 43.9 Å². The monoisotopic (exact) mass is 357 g/mol. The molecule has 0 saturated carbocycles. The number of benzene rings is 1. The quantitative estimate of drug-likeness (QED) is 0.826. The number of halogens is 3. The van der Waals surface area contributed by atoms with Gasteiger partial charge in [-0.05, 0) is 18.7 Å². The zero-order valence-corrected chi connectivity index (χ0v) is 14.3. The van der Waals surface area contributed by atoms with Gasteiger partial charge < -0.3 is 9.80 Å². The average Bonchev–Trinajstić information content (AvgIpc) is 2.54. The minimum Gasteiger partial charge on any atom is -0.339 e. The van der Waals surface area contributed by atoms with E-state index >= 15 is 0 Å². The Morgan fingerprint density at radius 1 is 1.12 bits per heavy atom. The first kappa shape index (κ1) is 19.2. The molecular weight excluding hydrogens is 335 g/mol. The third-order valence-electron chi connectivity index (χ3n) is 4.19. The molecule has 0 radical (unpaired) electrons. The highest BCUT2D eigenvalue weighted by Gasteiger charge is 2.30. The van der Waals surface area contributed by atoms with Crippen LogP contribution in [0.5, 0.6) is 0 Å². The summed E-state index contributed by atoms with van der Waals surface area (Å²) in [4.78, 5) is 28.7. The molecule has 0 unspecified atom stereocenters. The largest absolute Gasteiger partial charge is 0.416 e. The molecule has 0 aromatic heterocycles. The molecule has 0 N–H and O–H groups in total. The summed E-state index contributed by atoms with van der Waals surface area (Å²) in [5.74, 6) is -0.0913. The normalized spacial score (nSPS) is 15.6. The van der Waals surface area contributed by atoms with Crippen molar-refractivity contribution in [2.75, 3.05) is 39.8 Å². The van der Waals surface area contributed by atoms with Gasteiger partial charge in [-0.25, -0.2) is 0 Å². The fourth-order valence-electron chi connectivity index (χ4n) is 2.82. The molecule has 0 spiro atoms.